The summed E-state index contributed by atoms with van der Waals surface area (Å²) in [4.78, 5) is 30.3. The molecule has 0 bridgehead atoms. The molecular weight excluding hydrogens is 407 g/mol. The van der Waals surface area contributed by atoms with Crippen LogP contribution in [0.3, 0.4) is 0 Å². The predicted octanol–water partition coefficient (Wildman–Crippen LogP) is 3.96. The van der Waals surface area contributed by atoms with Gasteiger partial charge in [0.15, 0.2) is 0 Å². The number of H-pyrrole nitrogens is 1. The Morgan fingerprint density at radius 3 is 2.75 bits per heavy atom. The van der Waals surface area contributed by atoms with E-state index in [2.05, 4.69) is 17.1 Å². The number of benzene rings is 2. The molecule has 2 aromatic carbocycles. The number of fused-ring (bicyclic) bond motifs is 1. The molecule has 2 amide bonds. The molecule has 2 saturated heterocycles. The van der Waals surface area contributed by atoms with Gasteiger partial charge in [-0.15, -0.1) is 0 Å². The third-order valence-electron chi connectivity index (χ3n) is 6.94. The molecule has 32 heavy (non-hydrogen) atoms. The van der Waals surface area contributed by atoms with Gasteiger partial charge in [0, 0.05) is 42.5 Å². The maximum atomic E-state index is 13.4. The Balaban J connectivity index is 1.27. The molecule has 0 aliphatic carbocycles. The summed E-state index contributed by atoms with van der Waals surface area (Å²) in [5.41, 5.74) is 2.59. The van der Waals surface area contributed by atoms with Crippen LogP contribution in [0.1, 0.15) is 48.0 Å². The first kappa shape index (κ1) is 20.7. The van der Waals surface area contributed by atoms with Crippen molar-refractivity contribution in [3.05, 3.63) is 65.6 Å². The summed E-state index contributed by atoms with van der Waals surface area (Å²) in [7, 11) is 0. The van der Waals surface area contributed by atoms with Gasteiger partial charge in [-0.05, 0) is 62.1 Å². The topological polar surface area (TPSA) is 69.3 Å². The highest BCUT2D eigenvalue weighted by molar-refractivity contribution is 5.98. The van der Waals surface area contributed by atoms with Crippen LogP contribution in [0, 0.1) is 11.7 Å². The highest BCUT2D eigenvalue weighted by atomic mass is 19.1. The van der Waals surface area contributed by atoms with Crippen LogP contribution in [0.15, 0.2) is 48.7 Å². The Bertz CT molecular complexity index is 1140. The summed E-state index contributed by atoms with van der Waals surface area (Å²) in [6.45, 7) is 3.84. The van der Waals surface area contributed by atoms with Gasteiger partial charge < -0.3 is 9.80 Å². The molecule has 3 unspecified atom stereocenters. The lowest BCUT2D eigenvalue weighted by Gasteiger charge is -2.35. The van der Waals surface area contributed by atoms with Crippen molar-refractivity contribution in [3.63, 3.8) is 0 Å². The highest BCUT2D eigenvalue weighted by Gasteiger charge is 2.38. The van der Waals surface area contributed by atoms with Gasteiger partial charge in [-0.1, -0.05) is 12.1 Å². The van der Waals surface area contributed by atoms with Gasteiger partial charge in [0.1, 0.15) is 5.82 Å². The van der Waals surface area contributed by atoms with Gasteiger partial charge in [-0.3, -0.25) is 14.7 Å². The number of nitrogens with one attached hydrogen (secondary N) is 1. The first-order chi connectivity index (χ1) is 15.5. The van der Waals surface area contributed by atoms with E-state index in [-0.39, 0.29) is 35.5 Å². The normalized spacial score (nSPS) is 23.6. The standard InChI is InChI=1S/C25H27FN4O2/c1-16-11-21(17-4-7-22(26)8-5-17)15-30(16)25(32)19-3-2-10-29(14-19)24(31)18-6-9-23-20(12-18)13-27-28-23/h4-9,12-13,16,19,21H,2-3,10-11,14-15H2,1H3,(H,27,28). The fraction of sp³-hybridized carbons (Fsp3) is 0.400. The van der Waals surface area contributed by atoms with Crippen LogP contribution < -0.4 is 0 Å². The first-order valence-corrected chi connectivity index (χ1v) is 11.3. The number of carbonyl (C=O) groups excluding carboxylic acids is 2. The molecule has 2 aliphatic rings. The number of aromatic nitrogens is 2. The number of rotatable bonds is 3. The molecule has 1 aromatic heterocycles. The Kier molecular flexibility index (Phi) is 5.41. The summed E-state index contributed by atoms with van der Waals surface area (Å²) >= 11 is 0. The van der Waals surface area contributed by atoms with E-state index in [1.54, 1.807) is 6.20 Å². The zero-order valence-electron chi connectivity index (χ0n) is 18.1. The van der Waals surface area contributed by atoms with Crippen molar-refractivity contribution in [1.82, 2.24) is 20.0 Å². The molecule has 0 spiro atoms. The van der Waals surface area contributed by atoms with Crippen LogP contribution in [0.5, 0.6) is 0 Å². The number of hydrogen-bond acceptors (Lipinski definition) is 3. The van der Waals surface area contributed by atoms with Crippen LogP contribution in [-0.4, -0.2) is 57.5 Å². The molecule has 2 aliphatic heterocycles. The molecule has 166 valence electrons. The Hall–Kier alpha value is -3.22. The lowest BCUT2D eigenvalue weighted by atomic mass is 9.95. The Morgan fingerprint density at radius 1 is 1.12 bits per heavy atom. The maximum absolute atomic E-state index is 13.4. The van der Waals surface area contributed by atoms with Gasteiger partial charge in [0.25, 0.3) is 5.91 Å². The van der Waals surface area contributed by atoms with E-state index in [9.17, 15) is 14.0 Å². The fourth-order valence-electron chi connectivity index (χ4n) is 5.17. The van der Waals surface area contributed by atoms with E-state index in [0.717, 1.165) is 35.7 Å². The average Bonchev–Trinajstić information content (AvgIpc) is 3.44. The quantitative estimate of drug-likeness (QED) is 0.679. The number of amides is 2. The van der Waals surface area contributed by atoms with Gasteiger partial charge in [-0.2, -0.15) is 5.10 Å². The van der Waals surface area contributed by atoms with Crippen molar-refractivity contribution < 1.29 is 14.0 Å². The number of carbonyl (C=O) groups is 2. The van der Waals surface area contributed by atoms with Crippen molar-refractivity contribution in [3.8, 4) is 0 Å². The summed E-state index contributed by atoms with van der Waals surface area (Å²) in [5, 5.41) is 7.81. The van der Waals surface area contributed by atoms with Crippen molar-refractivity contribution in [1.29, 1.82) is 0 Å². The monoisotopic (exact) mass is 434 g/mol. The second kappa shape index (κ2) is 8.37. The molecule has 3 aromatic rings. The van der Waals surface area contributed by atoms with Gasteiger partial charge >= 0.3 is 0 Å². The van der Waals surface area contributed by atoms with E-state index in [4.69, 9.17) is 0 Å². The summed E-state index contributed by atoms with van der Waals surface area (Å²) in [6.07, 6.45) is 4.20. The van der Waals surface area contributed by atoms with E-state index >= 15 is 0 Å². The highest BCUT2D eigenvalue weighted by Crippen LogP contribution is 2.34. The van der Waals surface area contributed by atoms with Crippen molar-refractivity contribution >= 4 is 22.7 Å². The summed E-state index contributed by atoms with van der Waals surface area (Å²) in [5.74, 6) is -0.113. The number of halogens is 1. The van der Waals surface area contributed by atoms with E-state index in [1.807, 2.05) is 40.1 Å². The molecular formula is C25H27FN4O2. The minimum Gasteiger partial charge on any atom is -0.339 e. The van der Waals surface area contributed by atoms with E-state index in [0.29, 0.717) is 25.2 Å². The van der Waals surface area contributed by atoms with E-state index < -0.39 is 0 Å². The minimum absolute atomic E-state index is 0.0377. The van der Waals surface area contributed by atoms with Crippen LogP contribution in [0.4, 0.5) is 4.39 Å². The fourth-order valence-corrected chi connectivity index (χ4v) is 5.17. The maximum Gasteiger partial charge on any atom is 0.253 e. The van der Waals surface area contributed by atoms with Crippen LogP contribution in [0.25, 0.3) is 10.9 Å². The zero-order chi connectivity index (χ0) is 22.2. The average molecular weight is 435 g/mol. The second-order valence-electron chi connectivity index (χ2n) is 9.09. The minimum atomic E-state index is -0.244. The summed E-state index contributed by atoms with van der Waals surface area (Å²) < 4.78 is 13.3. The molecule has 6 nitrogen and oxygen atoms in total. The van der Waals surface area contributed by atoms with Crippen molar-refractivity contribution in [2.24, 2.45) is 5.92 Å². The molecule has 5 rings (SSSR count). The SMILES string of the molecule is CC1CC(c2ccc(F)cc2)CN1C(=O)C1CCCN(C(=O)c2ccc3[nH]ncc3c2)C1. The van der Waals surface area contributed by atoms with Crippen molar-refractivity contribution in [2.45, 2.75) is 38.1 Å². The van der Waals surface area contributed by atoms with Crippen LogP contribution in [0.2, 0.25) is 0 Å². The number of piperidine rings is 1. The van der Waals surface area contributed by atoms with Crippen molar-refractivity contribution in [2.75, 3.05) is 19.6 Å². The number of hydrogen-bond donors (Lipinski definition) is 1. The summed E-state index contributed by atoms with van der Waals surface area (Å²) in [6, 6.07) is 12.3. The molecule has 0 radical (unpaired) electrons. The molecule has 7 heteroatoms. The van der Waals surface area contributed by atoms with Gasteiger partial charge in [0.2, 0.25) is 5.91 Å². The van der Waals surface area contributed by atoms with Gasteiger partial charge in [-0.25, -0.2) is 4.39 Å². The lowest BCUT2D eigenvalue weighted by Crippen LogP contribution is -2.47. The molecule has 2 fully saturated rings. The number of nitrogens with zero attached hydrogens (tertiary/aromatic N) is 3. The second-order valence-corrected chi connectivity index (χ2v) is 9.09. The molecule has 3 heterocycles. The molecule has 3 atom stereocenters. The third kappa shape index (κ3) is 3.87. The molecule has 1 N–H and O–H groups in total. The lowest BCUT2D eigenvalue weighted by molar-refractivity contribution is -0.137. The Labute approximate surface area is 186 Å². The van der Waals surface area contributed by atoms with Crippen LogP contribution in [-0.2, 0) is 4.79 Å². The smallest absolute Gasteiger partial charge is 0.253 e. The third-order valence-corrected chi connectivity index (χ3v) is 6.94. The number of likely N-dealkylation sites (tertiary alicyclic amines) is 2. The first-order valence-electron chi connectivity index (χ1n) is 11.3. The van der Waals surface area contributed by atoms with E-state index in [1.165, 1.54) is 12.1 Å². The Morgan fingerprint density at radius 2 is 1.94 bits per heavy atom. The predicted molar refractivity (Wildman–Crippen MR) is 120 cm³/mol. The molecule has 0 saturated carbocycles. The van der Waals surface area contributed by atoms with Crippen LogP contribution >= 0.6 is 0 Å². The van der Waals surface area contributed by atoms with Gasteiger partial charge in [0.05, 0.1) is 17.6 Å². The zero-order valence-corrected chi connectivity index (χ0v) is 18.1. The number of aromatic amines is 1. The largest absolute Gasteiger partial charge is 0.339 e.